The summed E-state index contributed by atoms with van der Waals surface area (Å²) in [5.74, 6) is 0. The number of phosphoric ester groups is 1. The van der Waals surface area contributed by atoms with Gasteiger partial charge in [-0.05, 0) is 0 Å². The molecule has 0 spiro atoms. The summed E-state index contributed by atoms with van der Waals surface area (Å²) in [5.41, 5.74) is -0.00738. The lowest BCUT2D eigenvalue weighted by Crippen LogP contribution is -2.53. The van der Waals surface area contributed by atoms with Crippen molar-refractivity contribution < 1.29 is 71.6 Å². The number of hydrogen-bond acceptors (Lipinski definition) is 14. The number of aliphatic hydroxyl groups is 4. The van der Waals surface area contributed by atoms with E-state index in [0.29, 0.717) is 0 Å². The normalized spacial score (nSPS) is 36.0. The topological polar surface area (TPSA) is 265 Å². The molecule has 0 aliphatic carbocycles. The molecule has 2 aliphatic heterocycles. The van der Waals surface area contributed by atoms with Crippen LogP contribution in [-0.4, -0.2) is 94.2 Å². The largest absolute Gasteiger partial charge is 0.490 e. The molecule has 21 heteroatoms. The van der Waals surface area contributed by atoms with Crippen molar-refractivity contribution in [1.82, 2.24) is 9.62 Å². The van der Waals surface area contributed by atoms with Crippen LogP contribution in [0.1, 0.15) is 0 Å². The Morgan fingerprint density at radius 3 is 2.23 bits per heavy atom. The predicted molar refractivity (Wildman–Crippen MR) is 99.1 cm³/mol. The van der Waals surface area contributed by atoms with E-state index in [-0.39, 0.29) is 5.57 Å². The Bertz CT molecular complexity index is 823. The highest BCUT2D eigenvalue weighted by Crippen LogP contribution is 2.66. The highest BCUT2D eigenvalue weighted by atomic mass is 32.2. The molecule has 1 saturated heterocycles. The van der Waals surface area contributed by atoms with Gasteiger partial charge < -0.3 is 44.7 Å². The summed E-state index contributed by atoms with van der Waals surface area (Å²) in [5, 5.41) is 42.5. The van der Waals surface area contributed by atoms with Gasteiger partial charge in [0.15, 0.2) is 6.35 Å². The highest BCUT2D eigenvalue weighted by Gasteiger charge is 2.48. The van der Waals surface area contributed by atoms with E-state index < -0.39 is 67.1 Å². The van der Waals surface area contributed by atoms with Crippen LogP contribution in [0.2, 0.25) is 0 Å². The molecule has 182 valence electrons. The smallest absolute Gasteiger partial charge is 0.387 e. The minimum absolute atomic E-state index is 0.00738. The zero-order valence-electron chi connectivity index (χ0n) is 15.4. The number of aliphatic hydroxyl groups excluding tert-OH is 4. The van der Waals surface area contributed by atoms with Gasteiger partial charge in [0.25, 0.3) is 0 Å². The lowest BCUT2D eigenvalue weighted by molar-refractivity contribution is -0.0396. The second kappa shape index (κ2) is 10.1. The number of rotatable bonds is 9. The Morgan fingerprint density at radius 1 is 1.06 bits per heavy atom. The molecule has 9 N–H and O–H groups in total. The number of nitrogens with zero attached hydrogens (tertiary/aromatic N) is 1. The average Bonchev–Trinajstić information content (AvgIpc) is 2.85. The van der Waals surface area contributed by atoms with Crippen LogP contribution in [0.3, 0.4) is 0 Å². The number of hydrogen-bond donors (Lipinski definition) is 9. The van der Waals surface area contributed by atoms with E-state index in [1.54, 1.807) is 6.26 Å². The molecule has 2 heterocycles. The molecule has 31 heavy (non-hydrogen) atoms. The Kier molecular flexibility index (Phi) is 8.92. The number of ether oxygens (including phenoxy) is 1. The van der Waals surface area contributed by atoms with Crippen LogP contribution in [0, 0.1) is 0 Å². The summed E-state index contributed by atoms with van der Waals surface area (Å²) in [7, 11) is -16.7. The molecule has 8 atom stereocenters. The maximum Gasteiger partial charge on any atom is 0.490 e. The van der Waals surface area contributed by atoms with Crippen molar-refractivity contribution in [2.75, 3.05) is 12.9 Å². The van der Waals surface area contributed by atoms with Crippen LogP contribution in [-0.2, 0) is 31.6 Å². The molecule has 4 unspecified atom stereocenters. The van der Waals surface area contributed by atoms with Gasteiger partial charge in [-0.2, -0.15) is 8.62 Å². The lowest BCUT2D eigenvalue weighted by Gasteiger charge is -2.35. The zero-order valence-corrected chi connectivity index (χ0v) is 18.9. The predicted octanol–water partition coefficient (Wildman–Crippen LogP) is -2.52. The second-order valence-electron chi connectivity index (χ2n) is 6.08. The van der Waals surface area contributed by atoms with Crippen molar-refractivity contribution in [3.05, 3.63) is 11.8 Å². The zero-order chi connectivity index (χ0) is 23.8. The summed E-state index contributed by atoms with van der Waals surface area (Å²) in [6.45, 7) is -0.996. The van der Waals surface area contributed by atoms with Gasteiger partial charge in [-0.3, -0.25) is 8.83 Å². The molecule has 0 aromatic rings. The Balaban J connectivity index is 2.05. The SMILES string of the molecule is CSN1C=C([C@@H]2O[C@H](COP(=O)(O)OP(=O)(O)OP(=O)(O)O)[C@@H](O)[C@H]2O)C(O)NC1O. The van der Waals surface area contributed by atoms with Gasteiger partial charge in [-0.25, -0.2) is 19.0 Å². The van der Waals surface area contributed by atoms with Crippen molar-refractivity contribution in [3.63, 3.8) is 0 Å². The van der Waals surface area contributed by atoms with E-state index in [1.165, 1.54) is 10.5 Å². The maximum absolute atomic E-state index is 11.8. The Labute approximate surface area is 178 Å². The maximum atomic E-state index is 11.8. The van der Waals surface area contributed by atoms with Gasteiger partial charge in [0.2, 0.25) is 0 Å². The molecule has 0 aromatic carbocycles. The Hall–Kier alpha value is 0.0600. The van der Waals surface area contributed by atoms with Gasteiger partial charge in [0.05, 0.1) is 6.61 Å². The molecule has 2 aliphatic rings. The fourth-order valence-electron chi connectivity index (χ4n) is 2.61. The van der Waals surface area contributed by atoms with Crippen molar-refractivity contribution in [2.45, 2.75) is 37.0 Å². The first-order valence-corrected chi connectivity index (χ1v) is 13.7. The van der Waals surface area contributed by atoms with Crippen molar-refractivity contribution >= 4 is 35.4 Å². The molecule has 1 fully saturated rings. The molecular formula is C10H21N2O15P3S. The first kappa shape index (κ1) is 27.3. The van der Waals surface area contributed by atoms with Gasteiger partial charge in [0, 0.05) is 18.0 Å². The van der Waals surface area contributed by atoms with E-state index in [2.05, 4.69) is 18.5 Å². The molecule has 0 aromatic heterocycles. The fraction of sp³-hybridized carbons (Fsp3) is 0.800. The second-order valence-corrected chi connectivity index (χ2v) is 11.3. The van der Waals surface area contributed by atoms with Crippen LogP contribution in [0.15, 0.2) is 11.8 Å². The standard InChI is InChI=1S/C10H21N2O15P3S/c1-31-12-2-4(9(15)11-10(12)16)8-7(14)6(13)5(25-8)3-24-29(20,21)27-30(22,23)26-28(17,18)19/h2,5-11,13-16H,3H2,1H3,(H,20,21)(H,22,23)(H2,17,18,19)/t5-,6-,7-,8+,9?,10?/m1/s1. The van der Waals surface area contributed by atoms with E-state index >= 15 is 0 Å². The minimum atomic E-state index is -5.72. The monoisotopic (exact) mass is 534 g/mol. The molecular weight excluding hydrogens is 513 g/mol. The molecule has 0 amide bonds. The molecule has 2 rings (SSSR count). The minimum Gasteiger partial charge on any atom is -0.387 e. The van der Waals surface area contributed by atoms with Crippen LogP contribution in [0.4, 0.5) is 0 Å². The molecule has 0 saturated carbocycles. The average molecular weight is 534 g/mol. The number of phosphoric acid groups is 3. The molecule has 0 bridgehead atoms. The third-order valence-electron chi connectivity index (χ3n) is 3.86. The number of nitrogens with one attached hydrogen (secondary N) is 1. The first-order valence-electron chi connectivity index (χ1n) is 8.01. The van der Waals surface area contributed by atoms with E-state index in [1.807, 2.05) is 0 Å². The van der Waals surface area contributed by atoms with Crippen molar-refractivity contribution in [1.29, 1.82) is 0 Å². The van der Waals surface area contributed by atoms with Crippen molar-refractivity contribution in [2.24, 2.45) is 0 Å². The third kappa shape index (κ3) is 7.53. The van der Waals surface area contributed by atoms with Gasteiger partial charge in [-0.15, -0.1) is 0 Å². The summed E-state index contributed by atoms with van der Waals surface area (Å²) < 4.78 is 51.7. The summed E-state index contributed by atoms with van der Waals surface area (Å²) in [6.07, 6.45) is -6.14. The lowest BCUT2D eigenvalue weighted by atomic mass is 10.0. The van der Waals surface area contributed by atoms with E-state index in [4.69, 9.17) is 19.4 Å². The highest BCUT2D eigenvalue weighted by molar-refractivity contribution is 7.96. The van der Waals surface area contributed by atoms with Gasteiger partial charge in [-0.1, -0.05) is 11.9 Å². The van der Waals surface area contributed by atoms with E-state index in [9.17, 15) is 39.0 Å². The van der Waals surface area contributed by atoms with Crippen LogP contribution < -0.4 is 5.32 Å². The van der Waals surface area contributed by atoms with Crippen LogP contribution in [0.25, 0.3) is 0 Å². The summed E-state index contributed by atoms with van der Waals surface area (Å²) >= 11 is 1.05. The quantitative estimate of drug-likeness (QED) is 0.109. The first-order chi connectivity index (χ1) is 14.1. The fourth-order valence-corrected chi connectivity index (χ4v) is 6.13. The van der Waals surface area contributed by atoms with Crippen LogP contribution in [0.5, 0.6) is 0 Å². The summed E-state index contributed by atoms with van der Waals surface area (Å²) in [4.78, 5) is 35.5. The summed E-state index contributed by atoms with van der Waals surface area (Å²) in [6, 6.07) is 0. The van der Waals surface area contributed by atoms with Crippen LogP contribution >= 0.6 is 35.4 Å². The van der Waals surface area contributed by atoms with Crippen molar-refractivity contribution in [3.8, 4) is 0 Å². The van der Waals surface area contributed by atoms with Gasteiger partial charge in [0.1, 0.15) is 30.6 Å². The Morgan fingerprint density at radius 2 is 1.68 bits per heavy atom. The van der Waals surface area contributed by atoms with E-state index in [0.717, 1.165) is 11.9 Å². The molecule has 17 nitrogen and oxygen atoms in total. The van der Waals surface area contributed by atoms with Gasteiger partial charge >= 0.3 is 23.5 Å². The molecule has 0 radical (unpaired) electrons. The third-order valence-corrected chi connectivity index (χ3v) is 8.39.